The summed E-state index contributed by atoms with van der Waals surface area (Å²) in [5.74, 6) is 0.544. The number of hydrogen-bond donors (Lipinski definition) is 1. The fraction of sp³-hybridized carbons (Fsp3) is 0.179. The van der Waals surface area contributed by atoms with Crippen LogP contribution in [0.1, 0.15) is 16.7 Å². The zero-order valence-corrected chi connectivity index (χ0v) is 20.8. The molecule has 0 spiro atoms. The Morgan fingerprint density at radius 1 is 0.861 bits per heavy atom. The van der Waals surface area contributed by atoms with Gasteiger partial charge in [-0.1, -0.05) is 48.5 Å². The van der Waals surface area contributed by atoms with E-state index in [0.29, 0.717) is 24.7 Å². The van der Waals surface area contributed by atoms with Gasteiger partial charge in [-0.25, -0.2) is 0 Å². The van der Waals surface area contributed by atoms with Gasteiger partial charge in [0.2, 0.25) is 5.91 Å². The van der Waals surface area contributed by atoms with Gasteiger partial charge >= 0.3 is 0 Å². The largest absolute Gasteiger partial charge is 0.490 e. The summed E-state index contributed by atoms with van der Waals surface area (Å²) in [4.78, 5) is 39.0. The Bertz CT molecular complexity index is 1270. The molecule has 0 radical (unpaired) electrons. The van der Waals surface area contributed by atoms with Crippen LogP contribution in [0, 0.1) is 13.8 Å². The van der Waals surface area contributed by atoms with E-state index >= 15 is 0 Å². The van der Waals surface area contributed by atoms with Crippen molar-refractivity contribution >= 4 is 40.6 Å². The fourth-order valence-corrected chi connectivity index (χ4v) is 4.46. The Labute approximate surface area is 214 Å². The van der Waals surface area contributed by atoms with Crippen molar-refractivity contribution in [1.82, 2.24) is 4.90 Å². The molecule has 184 valence electrons. The van der Waals surface area contributed by atoms with Crippen molar-refractivity contribution in [2.45, 2.75) is 13.8 Å². The number of imide groups is 1. The number of thioether (sulfide) groups is 1. The number of anilines is 1. The van der Waals surface area contributed by atoms with E-state index in [2.05, 4.69) is 5.32 Å². The second-order valence-corrected chi connectivity index (χ2v) is 9.16. The van der Waals surface area contributed by atoms with Gasteiger partial charge in [0.1, 0.15) is 31.3 Å². The molecule has 0 bridgehead atoms. The number of carbonyl (C=O) groups excluding carboxylic acids is 3. The van der Waals surface area contributed by atoms with Crippen molar-refractivity contribution in [3.05, 3.63) is 94.4 Å². The lowest BCUT2D eigenvalue weighted by Crippen LogP contribution is -2.36. The quantitative estimate of drug-likeness (QED) is 0.310. The average Bonchev–Trinajstić information content (AvgIpc) is 3.13. The summed E-state index contributed by atoms with van der Waals surface area (Å²) in [6.45, 7) is 4.24. The highest BCUT2D eigenvalue weighted by Crippen LogP contribution is 2.32. The van der Waals surface area contributed by atoms with Crippen LogP contribution in [0.5, 0.6) is 11.5 Å². The van der Waals surface area contributed by atoms with E-state index in [1.54, 1.807) is 30.3 Å². The minimum atomic E-state index is -0.486. The molecule has 1 aliphatic rings. The Morgan fingerprint density at radius 2 is 1.47 bits per heavy atom. The van der Waals surface area contributed by atoms with Crippen LogP contribution in [0.4, 0.5) is 10.5 Å². The van der Waals surface area contributed by atoms with Crippen molar-refractivity contribution < 1.29 is 23.9 Å². The van der Waals surface area contributed by atoms with Gasteiger partial charge in [-0.2, -0.15) is 0 Å². The molecular weight excluding hydrogens is 476 g/mol. The number of ether oxygens (including phenoxy) is 2. The van der Waals surface area contributed by atoms with E-state index in [0.717, 1.165) is 39.1 Å². The average molecular weight is 503 g/mol. The molecule has 36 heavy (non-hydrogen) atoms. The first-order valence-electron chi connectivity index (χ1n) is 11.4. The first-order chi connectivity index (χ1) is 17.4. The summed E-state index contributed by atoms with van der Waals surface area (Å²) in [5.41, 5.74) is 3.26. The summed E-state index contributed by atoms with van der Waals surface area (Å²) in [6, 6.07) is 22.4. The predicted molar refractivity (Wildman–Crippen MR) is 141 cm³/mol. The Kier molecular flexibility index (Phi) is 8.07. The van der Waals surface area contributed by atoms with Crippen molar-refractivity contribution in [3.63, 3.8) is 0 Å². The molecule has 0 aromatic heterocycles. The number of nitrogens with one attached hydrogen (secondary N) is 1. The monoisotopic (exact) mass is 502 g/mol. The number of aryl methyl sites for hydroxylation is 2. The second kappa shape index (κ2) is 11.6. The Balaban J connectivity index is 1.31. The van der Waals surface area contributed by atoms with Crippen LogP contribution >= 0.6 is 11.8 Å². The topological polar surface area (TPSA) is 84.9 Å². The van der Waals surface area contributed by atoms with Crippen molar-refractivity contribution in [3.8, 4) is 11.5 Å². The van der Waals surface area contributed by atoms with Gasteiger partial charge < -0.3 is 14.8 Å². The maximum absolute atomic E-state index is 12.8. The van der Waals surface area contributed by atoms with Crippen LogP contribution in [-0.2, 0) is 9.59 Å². The third-order valence-corrected chi connectivity index (χ3v) is 6.37. The molecule has 0 saturated carbocycles. The highest BCUT2D eigenvalue weighted by atomic mass is 32.2. The fourth-order valence-electron chi connectivity index (χ4n) is 3.62. The van der Waals surface area contributed by atoms with E-state index in [1.807, 2.05) is 62.4 Å². The lowest BCUT2D eigenvalue weighted by Gasteiger charge is -2.15. The molecule has 4 rings (SSSR count). The van der Waals surface area contributed by atoms with Crippen LogP contribution in [-0.4, -0.2) is 41.7 Å². The molecule has 0 unspecified atom stereocenters. The van der Waals surface area contributed by atoms with Gasteiger partial charge in [0, 0.05) is 5.69 Å². The summed E-state index contributed by atoms with van der Waals surface area (Å²) in [6.07, 6.45) is 1.64. The third kappa shape index (κ3) is 6.34. The molecule has 1 saturated heterocycles. The number of benzene rings is 3. The van der Waals surface area contributed by atoms with Gasteiger partial charge in [-0.3, -0.25) is 19.3 Å². The minimum Gasteiger partial charge on any atom is -0.490 e. The van der Waals surface area contributed by atoms with Crippen LogP contribution in [0.2, 0.25) is 0 Å². The molecule has 8 heteroatoms. The number of nitrogens with zero attached hydrogens (tertiary/aromatic N) is 1. The first kappa shape index (κ1) is 25.1. The van der Waals surface area contributed by atoms with Gasteiger partial charge in [0.05, 0.1) is 4.91 Å². The molecule has 1 heterocycles. The van der Waals surface area contributed by atoms with Crippen molar-refractivity contribution in [2.24, 2.45) is 0 Å². The molecular formula is C28H26N2O5S. The molecule has 1 N–H and O–H groups in total. The van der Waals surface area contributed by atoms with Crippen LogP contribution < -0.4 is 14.8 Å². The van der Waals surface area contributed by atoms with E-state index in [-0.39, 0.29) is 11.4 Å². The maximum Gasteiger partial charge on any atom is 0.294 e. The maximum atomic E-state index is 12.8. The van der Waals surface area contributed by atoms with Crippen LogP contribution in [0.25, 0.3) is 6.08 Å². The Hall–Kier alpha value is -4.04. The predicted octanol–water partition coefficient (Wildman–Crippen LogP) is 5.44. The Morgan fingerprint density at radius 3 is 2.11 bits per heavy atom. The summed E-state index contributed by atoms with van der Waals surface area (Å²) >= 11 is 0.821. The summed E-state index contributed by atoms with van der Waals surface area (Å²) in [7, 11) is 0. The van der Waals surface area contributed by atoms with Gasteiger partial charge in [0.25, 0.3) is 11.1 Å². The SMILES string of the molecule is Cc1cccc(C)c1NC(=O)CN1C(=O)S/C(=C/c2ccc(OCCOc3ccccc3)cc2)C1=O. The summed E-state index contributed by atoms with van der Waals surface area (Å²) in [5, 5.41) is 2.34. The van der Waals surface area contributed by atoms with Crippen molar-refractivity contribution in [2.75, 3.05) is 25.1 Å². The molecule has 3 aromatic rings. The number of para-hydroxylation sites is 2. The molecule has 1 fully saturated rings. The van der Waals surface area contributed by atoms with E-state index in [1.165, 1.54) is 0 Å². The molecule has 1 aliphatic heterocycles. The smallest absolute Gasteiger partial charge is 0.294 e. The highest BCUT2D eigenvalue weighted by molar-refractivity contribution is 8.18. The number of carbonyl (C=O) groups is 3. The van der Waals surface area contributed by atoms with Crippen molar-refractivity contribution in [1.29, 1.82) is 0 Å². The molecule has 0 aliphatic carbocycles. The molecule has 3 amide bonds. The van der Waals surface area contributed by atoms with Gasteiger partial charge in [-0.05, 0) is 72.6 Å². The molecule has 3 aromatic carbocycles. The lowest BCUT2D eigenvalue weighted by molar-refractivity contribution is -0.127. The normalized spacial score (nSPS) is 14.3. The van der Waals surface area contributed by atoms with Gasteiger partial charge in [-0.15, -0.1) is 0 Å². The third-order valence-electron chi connectivity index (χ3n) is 5.46. The molecule has 7 nitrogen and oxygen atoms in total. The van der Waals surface area contributed by atoms with Crippen LogP contribution in [0.15, 0.2) is 77.7 Å². The zero-order valence-electron chi connectivity index (χ0n) is 20.0. The minimum absolute atomic E-state index is 0.268. The number of rotatable bonds is 9. The van der Waals surface area contributed by atoms with Crippen LogP contribution in [0.3, 0.4) is 0 Å². The van der Waals surface area contributed by atoms with E-state index in [9.17, 15) is 14.4 Å². The lowest BCUT2D eigenvalue weighted by atomic mass is 10.1. The zero-order chi connectivity index (χ0) is 25.5. The summed E-state index contributed by atoms with van der Waals surface area (Å²) < 4.78 is 11.3. The standard InChI is InChI=1S/C28H26N2O5S/c1-19-7-6-8-20(2)26(19)29-25(31)18-30-27(32)24(36-28(30)33)17-21-11-13-23(14-12-21)35-16-15-34-22-9-4-3-5-10-22/h3-14,17H,15-16,18H2,1-2H3,(H,29,31)/b24-17+. The number of amides is 3. The first-order valence-corrected chi connectivity index (χ1v) is 12.2. The second-order valence-electron chi connectivity index (χ2n) is 8.16. The number of hydrogen-bond acceptors (Lipinski definition) is 6. The molecule has 0 atom stereocenters. The van der Waals surface area contributed by atoms with E-state index in [4.69, 9.17) is 9.47 Å². The van der Waals surface area contributed by atoms with Gasteiger partial charge in [0.15, 0.2) is 0 Å². The highest BCUT2D eigenvalue weighted by Gasteiger charge is 2.36. The van der Waals surface area contributed by atoms with E-state index < -0.39 is 17.1 Å².